The Morgan fingerprint density at radius 3 is 2.67 bits per heavy atom. The van der Waals surface area contributed by atoms with Crippen LogP contribution in [0.5, 0.6) is 11.6 Å². The van der Waals surface area contributed by atoms with E-state index in [1.165, 1.54) is 12.1 Å². The first kappa shape index (κ1) is 12.8. The molecule has 0 bridgehead atoms. The van der Waals surface area contributed by atoms with Crippen LogP contribution in [0.2, 0.25) is 0 Å². The van der Waals surface area contributed by atoms with Crippen LogP contribution in [-0.4, -0.2) is 4.98 Å². The van der Waals surface area contributed by atoms with Crippen molar-refractivity contribution in [3.63, 3.8) is 0 Å². The van der Waals surface area contributed by atoms with E-state index < -0.39 is 11.6 Å². The molecule has 0 atom stereocenters. The molecule has 2 nitrogen and oxygen atoms in total. The molecule has 2 rings (SSSR count). The third-order valence-electron chi connectivity index (χ3n) is 2.44. The Bertz CT molecular complexity index is 575. The highest BCUT2D eigenvalue weighted by atomic mass is 35.5. The number of aryl methyl sites for hydroxylation is 1. The first-order valence-electron chi connectivity index (χ1n) is 5.26. The summed E-state index contributed by atoms with van der Waals surface area (Å²) in [5.41, 5.74) is 1.56. The van der Waals surface area contributed by atoms with Crippen LogP contribution in [0.4, 0.5) is 8.78 Å². The molecule has 0 radical (unpaired) electrons. The van der Waals surface area contributed by atoms with Crippen molar-refractivity contribution in [1.82, 2.24) is 4.98 Å². The van der Waals surface area contributed by atoms with Gasteiger partial charge < -0.3 is 4.74 Å². The molecule has 0 unspecified atom stereocenters. The number of hydrogen-bond acceptors (Lipinski definition) is 2. The number of pyridine rings is 1. The topological polar surface area (TPSA) is 22.1 Å². The van der Waals surface area contributed by atoms with Crippen LogP contribution in [0.3, 0.4) is 0 Å². The highest BCUT2D eigenvalue weighted by Gasteiger charge is 2.10. The van der Waals surface area contributed by atoms with Gasteiger partial charge in [0, 0.05) is 17.6 Å². The van der Waals surface area contributed by atoms with Crippen molar-refractivity contribution in [2.75, 3.05) is 0 Å². The van der Waals surface area contributed by atoms with Gasteiger partial charge in [-0.15, -0.1) is 11.6 Å². The molecule has 0 amide bonds. The second kappa shape index (κ2) is 5.31. The highest BCUT2D eigenvalue weighted by molar-refractivity contribution is 6.17. The molecule has 0 N–H and O–H groups in total. The molecule has 0 fully saturated rings. The standard InChI is InChI=1S/C13H10ClF2NO/c1-8-9(7-14)5-6-12(17-8)18-11-4-2-3-10(15)13(11)16/h2-6H,7H2,1H3. The second-order valence-electron chi connectivity index (χ2n) is 3.68. The lowest BCUT2D eigenvalue weighted by Crippen LogP contribution is -1.96. The van der Waals surface area contributed by atoms with Crippen molar-refractivity contribution >= 4 is 11.6 Å². The van der Waals surface area contributed by atoms with Crippen LogP contribution in [0.15, 0.2) is 30.3 Å². The molecular formula is C13H10ClF2NO. The number of aromatic nitrogens is 1. The largest absolute Gasteiger partial charge is 0.436 e. The molecule has 0 aliphatic rings. The normalized spacial score (nSPS) is 10.4. The van der Waals surface area contributed by atoms with Gasteiger partial charge in [-0.1, -0.05) is 12.1 Å². The van der Waals surface area contributed by atoms with E-state index in [2.05, 4.69) is 4.98 Å². The Morgan fingerprint density at radius 2 is 2.00 bits per heavy atom. The summed E-state index contributed by atoms with van der Waals surface area (Å²) in [4.78, 5) is 4.11. The molecule has 1 aromatic heterocycles. The average Bonchev–Trinajstić information content (AvgIpc) is 2.35. The molecule has 5 heteroatoms. The van der Waals surface area contributed by atoms with Crippen LogP contribution in [0.25, 0.3) is 0 Å². The summed E-state index contributed by atoms with van der Waals surface area (Å²) < 4.78 is 31.6. The molecular weight excluding hydrogens is 260 g/mol. The predicted molar refractivity (Wildman–Crippen MR) is 65.0 cm³/mol. The molecule has 0 saturated heterocycles. The van der Waals surface area contributed by atoms with Crippen molar-refractivity contribution in [2.45, 2.75) is 12.8 Å². The lowest BCUT2D eigenvalue weighted by molar-refractivity contribution is 0.404. The Kier molecular flexibility index (Phi) is 3.77. The number of halogens is 3. The van der Waals surface area contributed by atoms with Gasteiger partial charge in [0.05, 0.1) is 0 Å². The van der Waals surface area contributed by atoms with Gasteiger partial charge in [-0.05, 0) is 24.6 Å². The molecule has 1 aromatic carbocycles. The number of ether oxygens (including phenoxy) is 1. The van der Waals surface area contributed by atoms with Crippen molar-refractivity contribution in [1.29, 1.82) is 0 Å². The molecule has 0 spiro atoms. The van der Waals surface area contributed by atoms with E-state index in [1.807, 2.05) is 0 Å². The van der Waals surface area contributed by atoms with Gasteiger partial charge in [0.1, 0.15) is 0 Å². The van der Waals surface area contributed by atoms with E-state index in [1.54, 1.807) is 19.1 Å². The van der Waals surface area contributed by atoms with Crippen LogP contribution in [-0.2, 0) is 5.88 Å². The predicted octanol–water partition coefficient (Wildman–Crippen LogP) is 4.20. The molecule has 0 aliphatic heterocycles. The number of benzene rings is 1. The highest BCUT2D eigenvalue weighted by Crippen LogP contribution is 2.25. The monoisotopic (exact) mass is 269 g/mol. The molecule has 18 heavy (non-hydrogen) atoms. The third-order valence-corrected chi connectivity index (χ3v) is 2.73. The van der Waals surface area contributed by atoms with E-state index in [4.69, 9.17) is 16.3 Å². The van der Waals surface area contributed by atoms with Gasteiger partial charge in [0.15, 0.2) is 11.6 Å². The summed E-state index contributed by atoms with van der Waals surface area (Å²) in [6.07, 6.45) is 0. The minimum atomic E-state index is -1.03. The Morgan fingerprint density at radius 1 is 1.22 bits per heavy atom. The van der Waals surface area contributed by atoms with Crippen LogP contribution < -0.4 is 4.74 Å². The van der Waals surface area contributed by atoms with Crippen molar-refractivity contribution in [3.05, 3.63) is 53.2 Å². The van der Waals surface area contributed by atoms with Gasteiger partial charge in [-0.2, -0.15) is 4.39 Å². The van der Waals surface area contributed by atoms with Gasteiger partial charge in [0.25, 0.3) is 0 Å². The Hall–Kier alpha value is -1.68. The van der Waals surface area contributed by atoms with Crippen LogP contribution >= 0.6 is 11.6 Å². The van der Waals surface area contributed by atoms with Crippen LogP contribution in [0, 0.1) is 18.6 Å². The van der Waals surface area contributed by atoms with Crippen molar-refractivity contribution in [2.24, 2.45) is 0 Å². The fraction of sp³-hybridized carbons (Fsp3) is 0.154. The van der Waals surface area contributed by atoms with Crippen molar-refractivity contribution in [3.8, 4) is 11.6 Å². The van der Waals surface area contributed by atoms with Gasteiger partial charge >= 0.3 is 0 Å². The zero-order chi connectivity index (χ0) is 13.1. The maximum atomic E-state index is 13.4. The minimum Gasteiger partial charge on any atom is -0.436 e. The number of rotatable bonds is 3. The third kappa shape index (κ3) is 2.59. The van der Waals surface area contributed by atoms with E-state index in [9.17, 15) is 8.78 Å². The maximum absolute atomic E-state index is 13.4. The van der Waals surface area contributed by atoms with E-state index in [0.717, 1.165) is 11.6 Å². The maximum Gasteiger partial charge on any atom is 0.219 e. The van der Waals surface area contributed by atoms with E-state index >= 15 is 0 Å². The first-order chi connectivity index (χ1) is 8.61. The van der Waals surface area contributed by atoms with E-state index in [-0.39, 0.29) is 11.6 Å². The molecule has 2 aromatic rings. The van der Waals surface area contributed by atoms with E-state index in [0.29, 0.717) is 11.6 Å². The zero-order valence-electron chi connectivity index (χ0n) is 9.58. The number of alkyl halides is 1. The smallest absolute Gasteiger partial charge is 0.219 e. The Balaban J connectivity index is 2.29. The fourth-order valence-electron chi connectivity index (χ4n) is 1.44. The van der Waals surface area contributed by atoms with Gasteiger partial charge in [-0.3, -0.25) is 0 Å². The SMILES string of the molecule is Cc1nc(Oc2cccc(F)c2F)ccc1CCl. The zero-order valence-corrected chi connectivity index (χ0v) is 10.3. The number of hydrogen-bond donors (Lipinski definition) is 0. The summed E-state index contributed by atoms with van der Waals surface area (Å²) in [5, 5.41) is 0. The Labute approximate surface area is 108 Å². The minimum absolute atomic E-state index is 0.194. The summed E-state index contributed by atoms with van der Waals surface area (Å²) >= 11 is 5.70. The number of nitrogens with zero attached hydrogens (tertiary/aromatic N) is 1. The molecule has 0 aliphatic carbocycles. The van der Waals surface area contributed by atoms with Crippen LogP contribution in [0.1, 0.15) is 11.3 Å². The molecule has 94 valence electrons. The summed E-state index contributed by atoms with van der Waals surface area (Å²) in [6.45, 7) is 1.77. The van der Waals surface area contributed by atoms with Crippen molar-refractivity contribution < 1.29 is 13.5 Å². The summed E-state index contributed by atoms with van der Waals surface area (Å²) in [6, 6.07) is 7.03. The van der Waals surface area contributed by atoms with Gasteiger partial charge in [0.2, 0.25) is 11.7 Å². The average molecular weight is 270 g/mol. The second-order valence-corrected chi connectivity index (χ2v) is 3.95. The summed E-state index contributed by atoms with van der Waals surface area (Å²) in [7, 11) is 0. The summed E-state index contributed by atoms with van der Waals surface area (Å²) in [5.74, 6) is -1.64. The first-order valence-corrected chi connectivity index (χ1v) is 5.79. The lowest BCUT2D eigenvalue weighted by atomic mass is 10.2. The fourth-order valence-corrected chi connectivity index (χ4v) is 1.72. The molecule has 0 saturated carbocycles. The lowest BCUT2D eigenvalue weighted by Gasteiger charge is -2.08. The molecule has 1 heterocycles. The van der Waals surface area contributed by atoms with Gasteiger partial charge in [-0.25, -0.2) is 9.37 Å². The quantitative estimate of drug-likeness (QED) is 0.779.